The number of rotatable bonds is 6. The van der Waals surface area contributed by atoms with E-state index >= 15 is 0 Å². The molecule has 2 unspecified atom stereocenters. The second-order valence-corrected chi connectivity index (χ2v) is 8.56. The fourth-order valence-corrected chi connectivity index (χ4v) is 3.74. The first-order chi connectivity index (χ1) is 10.1. The van der Waals surface area contributed by atoms with Crippen molar-refractivity contribution in [3.8, 4) is 0 Å². The highest BCUT2D eigenvalue weighted by molar-refractivity contribution is 9.10. The van der Waals surface area contributed by atoms with Crippen molar-refractivity contribution in [3.63, 3.8) is 0 Å². The Morgan fingerprint density at radius 2 is 2.00 bits per heavy atom. The molecule has 0 aliphatic carbocycles. The number of ether oxygens (including phenoxy) is 1. The highest BCUT2D eigenvalue weighted by atomic mass is 79.9. The summed E-state index contributed by atoms with van der Waals surface area (Å²) in [5, 5.41) is 8.51. The van der Waals surface area contributed by atoms with Gasteiger partial charge < -0.3 is 15.4 Å². The number of halogens is 1. The normalized spacial score (nSPS) is 14.7. The third kappa shape index (κ3) is 6.67. The number of hydrogen-bond donors (Lipinski definition) is 2. The van der Waals surface area contributed by atoms with Crippen molar-refractivity contribution in [3.05, 3.63) is 20.8 Å². The molecule has 6 heteroatoms. The molecular weight excluding hydrogens is 364 g/mol. The molecule has 2 N–H and O–H groups in total. The van der Waals surface area contributed by atoms with Crippen LogP contribution in [-0.2, 0) is 4.74 Å². The highest BCUT2D eigenvalue weighted by Crippen LogP contribution is 2.29. The van der Waals surface area contributed by atoms with Crippen LogP contribution in [-0.4, -0.2) is 24.3 Å². The quantitative estimate of drug-likeness (QED) is 0.738. The van der Waals surface area contributed by atoms with Crippen LogP contribution in [0, 0.1) is 5.92 Å². The topological polar surface area (TPSA) is 50.4 Å². The number of amides is 1. The van der Waals surface area contributed by atoms with Gasteiger partial charge in [-0.3, -0.25) is 0 Å². The van der Waals surface area contributed by atoms with E-state index in [1.54, 1.807) is 11.3 Å². The Morgan fingerprint density at radius 3 is 2.45 bits per heavy atom. The van der Waals surface area contributed by atoms with Crippen LogP contribution in [0.4, 0.5) is 4.79 Å². The van der Waals surface area contributed by atoms with Crippen LogP contribution in [0.25, 0.3) is 0 Å². The zero-order valence-electron chi connectivity index (χ0n) is 14.2. The van der Waals surface area contributed by atoms with Gasteiger partial charge in [-0.25, -0.2) is 4.79 Å². The van der Waals surface area contributed by atoms with Gasteiger partial charge in [-0.2, -0.15) is 0 Å². The number of carbonyl (C=O) groups is 1. The van der Waals surface area contributed by atoms with Gasteiger partial charge in [0.15, 0.2) is 0 Å². The Kier molecular flexibility index (Phi) is 7.35. The monoisotopic (exact) mass is 390 g/mol. The van der Waals surface area contributed by atoms with Crippen LogP contribution in [0.15, 0.2) is 15.9 Å². The first kappa shape index (κ1) is 19.5. The molecule has 0 saturated carbocycles. The van der Waals surface area contributed by atoms with E-state index in [4.69, 9.17) is 4.74 Å². The maximum Gasteiger partial charge on any atom is 0.407 e. The molecule has 0 aliphatic heterocycles. The highest BCUT2D eigenvalue weighted by Gasteiger charge is 2.21. The minimum Gasteiger partial charge on any atom is -0.444 e. The fourth-order valence-electron chi connectivity index (χ4n) is 2.01. The molecule has 1 heterocycles. The molecule has 0 aromatic carbocycles. The van der Waals surface area contributed by atoms with E-state index in [0.717, 1.165) is 4.47 Å². The summed E-state index contributed by atoms with van der Waals surface area (Å²) in [7, 11) is 0. The van der Waals surface area contributed by atoms with Gasteiger partial charge in [0.05, 0.1) is 0 Å². The molecule has 126 valence electrons. The van der Waals surface area contributed by atoms with Crippen molar-refractivity contribution in [1.82, 2.24) is 10.6 Å². The van der Waals surface area contributed by atoms with Crippen molar-refractivity contribution in [2.75, 3.05) is 6.54 Å². The summed E-state index contributed by atoms with van der Waals surface area (Å²) in [5.74, 6) is 0.399. The predicted molar refractivity (Wildman–Crippen MR) is 96.4 cm³/mol. The zero-order chi connectivity index (χ0) is 16.9. The van der Waals surface area contributed by atoms with Gasteiger partial charge in [0.2, 0.25) is 0 Å². The smallest absolute Gasteiger partial charge is 0.407 e. The number of carbonyl (C=O) groups excluding carboxylic acids is 1. The van der Waals surface area contributed by atoms with Crippen molar-refractivity contribution < 1.29 is 9.53 Å². The van der Waals surface area contributed by atoms with Crippen LogP contribution < -0.4 is 10.6 Å². The van der Waals surface area contributed by atoms with Gasteiger partial charge in [0.1, 0.15) is 5.60 Å². The summed E-state index contributed by atoms with van der Waals surface area (Å²) >= 11 is 5.29. The Hall–Kier alpha value is -0.590. The number of thiophene rings is 1. The van der Waals surface area contributed by atoms with Crippen molar-refractivity contribution >= 4 is 33.4 Å². The Morgan fingerprint density at radius 1 is 1.36 bits per heavy atom. The summed E-state index contributed by atoms with van der Waals surface area (Å²) in [6.07, 6.45) is -0.370. The number of nitrogens with one attached hydrogen (secondary N) is 2. The Labute approximate surface area is 146 Å². The average Bonchev–Trinajstić information content (AvgIpc) is 2.78. The second kappa shape index (κ2) is 8.31. The van der Waals surface area contributed by atoms with E-state index in [2.05, 4.69) is 58.8 Å². The lowest BCUT2D eigenvalue weighted by Crippen LogP contribution is -2.46. The first-order valence-corrected chi connectivity index (χ1v) is 9.23. The van der Waals surface area contributed by atoms with E-state index < -0.39 is 5.60 Å². The van der Waals surface area contributed by atoms with Gasteiger partial charge in [0.25, 0.3) is 0 Å². The van der Waals surface area contributed by atoms with E-state index in [1.807, 2.05) is 20.8 Å². The molecular formula is C16H27BrN2O2S. The molecule has 22 heavy (non-hydrogen) atoms. The third-order valence-electron chi connectivity index (χ3n) is 3.17. The molecule has 0 spiro atoms. The van der Waals surface area contributed by atoms with E-state index in [0.29, 0.717) is 12.5 Å². The molecule has 0 saturated heterocycles. The van der Waals surface area contributed by atoms with Crippen molar-refractivity contribution in [1.29, 1.82) is 0 Å². The second-order valence-electron chi connectivity index (χ2n) is 6.75. The summed E-state index contributed by atoms with van der Waals surface area (Å²) in [5.41, 5.74) is -0.472. The van der Waals surface area contributed by atoms with Gasteiger partial charge in [-0.1, -0.05) is 13.8 Å². The standard InChI is InChI=1S/C16H27BrN2O2S/c1-10(2)13(9-18-15(20)21-16(4,5)6)19-11(3)14-12(17)7-8-22-14/h7-8,10-11,13,19H,9H2,1-6H3,(H,18,20). The van der Waals surface area contributed by atoms with Crippen LogP contribution in [0.1, 0.15) is 52.5 Å². The summed E-state index contributed by atoms with van der Waals surface area (Å²) < 4.78 is 6.41. The van der Waals surface area contributed by atoms with Crippen LogP contribution in [0.5, 0.6) is 0 Å². The molecule has 2 atom stereocenters. The van der Waals surface area contributed by atoms with Gasteiger partial charge in [-0.15, -0.1) is 11.3 Å². The Balaban J connectivity index is 2.56. The first-order valence-electron chi connectivity index (χ1n) is 7.56. The van der Waals surface area contributed by atoms with E-state index in [9.17, 15) is 4.79 Å². The third-order valence-corrected chi connectivity index (χ3v) is 5.23. The Bertz CT molecular complexity index is 483. The largest absolute Gasteiger partial charge is 0.444 e. The molecule has 0 fully saturated rings. The minimum atomic E-state index is -0.472. The molecule has 0 aliphatic rings. The lowest BCUT2D eigenvalue weighted by Gasteiger charge is -2.27. The van der Waals surface area contributed by atoms with E-state index in [-0.39, 0.29) is 18.2 Å². The molecule has 1 amide bonds. The van der Waals surface area contributed by atoms with Crippen LogP contribution in [0.2, 0.25) is 0 Å². The average molecular weight is 391 g/mol. The SMILES string of the molecule is CC(NC(CNC(=O)OC(C)(C)C)C(C)C)c1sccc1Br. The number of hydrogen-bond acceptors (Lipinski definition) is 4. The van der Waals surface area contributed by atoms with Crippen molar-refractivity contribution in [2.24, 2.45) is 5.92 Å². The molecule has 0 radical (unpaired) electrons. The van der Waals surface area contributed by atoms with Gasteiger partial charge in [0, 0.05) is 28.0 Å². The van der Waals surface area contributed by atoms with Gasteiger partial charge >= 0.3 is 6.09 Å². The zero-order valence-corrected chi connectivity index (χ0v) is 16.6. The summed E-state index contributed by atoms with van der Waals surface area (Å²) in [4.78, 5) is 13.1. The lowest BCUT2D eigenvalue weighted by molar-refractivity contribution is 0.0518. The molecule has 1 aromatic rings. The maximum absolute atomic E-state index is 11.8. The summed E-state index contributed by atoms with van der Waals surface area (Å²) in [6, 6.07) is 2.46. The fraction of sp³-hybridized carbons (Fsp3) is 0.688. The summed E-state index contributed by atoms with van der Waals surface area (Å²) in [6.45, 7) is 12.6. The van der Waals surface area contributed by atoms with Crippen molar-refractivity contribution in [2.45, 2.75) is 59.2 Å². The minimum absolute atomic E-state index is 0.177. The predicted octanol–water partition coefficient (Wildman–Crippen LogP) is 4.71. The molecule has 4 nitrogen and oxygen atoms in total. The number of alkyl carbamates (subject to hydrolysis) is 1. The van der Waals surface area contributed by atoms with Gasteiger partial charge in [-0.05, 0) is 61.0 Å². The molecule has 1 rings (SSSR count). The maximum atomic E-state index is 11.8. The van der Waals surface area contributed by atoms with E-state index in [1.165, 1.54) is 4.88 Å². The lowest BCUT2D eigenvalue weighted by atomic mass is 10.0. The molecule has 1 aromatic heterocycles. The molecule has 0 bridgehead atoms. The van der Waals surface area contributed by atoms with Crippen LogP contribution >= 0.6 is 27.3 Å². The van der Waals surface area contributed by atoms with Crippen LogP contribution in [0.3, 0.4) is 0 Å².